The van der Waals surface area contributed by atoms with Crippen LogP contribution in [0.15, 0.2) is 0 Å². The summed E-state index contributed by atoms with van der Waals surface area (Å²) in [6.45, 7) is 5.37. The van der Waals surface area contributed by atoms with E-state index in [0.717, 1.165) is 11.4 Å². The maximum atomic E-state index is 12.5. The lowest BCUT2D eigenvalue weighted by Gasteiger charge is -2.26. The minimum absolute atomic E-state index is 0.0878. The lowest BCUT2D eigenvalue weighted by Crippen LogP contribution is -2.43. The Bertz CT molecular complexity index is 379. The number of carbonyl (C=O) groups is 1. The Morgan fingerprint density at radius 3 is 2.29 bits per heavy atom. The molecule has 126 valence electrons. The lowest BCUT2D eigenvalue weighted by molar-refractivity contribution is -0.148. The van der Waals surface area contributed by atoms with Gasteiger partial charge in [-0.15, -0.1) is 0 Å². The zero-order valence-corrected chi connectivity index (χ0v) is 15.3. The summed E-state index contributed by atoms with van der Waals surface area (Å²) in [5, 5.41) is 2.75. The van der Waals surface area contributed by atoms with Gasteiger partial charge in [0.2, 0.25) is 0 Å². The Kier molecular flexibility index (Phi) is 8.46. The molecular formula is C12H27N2O5PS. The fraction of sp³-hybridized carbons (Fsp3) is 0.917. The summed E-state index contributed by atoms with van der Waals surface area (Å²) < 4.78 is 28.3. The molecule has 0 saturated carbocycles. The number of nitrogens with one attached hydrogen (secondary N) is 1. The van der Waals surface area contributed by atoms with Crippen molar-refractivity contribution in [1.82, 2.24) is 5.32 Å². The maximum absolute atomic E-state index is 12.5. The SMILES string of the molecule is CNCOP(=O)(OC(C)(C)C)SCCOC(=O)C(C)(C)N. The third kappa shape index (κ3) is 10.3. The van der Waals surface area contributed by atoms with Gasteiger partial charge in [0.1, 0.15) is 18.9 Å². The molecule has 0 radical (unpaired) electrons. The van der Waals surface area contributed by atoms with Crippen LogP contribution in [0.3, 0.4) is 0 Å². The molecule has 0 aromatic heterocycles. The van der Waals surface area contributed by atoms with Crippen LogP contribution in [0.2, 0.25) is 0 Å². The molecule has 0 rings (SSSR count). The molecule has 0 aliphatic heterocycles. The van der Waals surface area contributed by atoms with Crippen LogP contribution in [0.5, 0.6) is 0 Å². The first-order valence-electron chi connectivity index (χ1n) is 6.60. The van der Waals surface area contributed by atoms with Gasteiger partial charge in [0.15, 0.2) is 0 Å². The topological polar surface area (TPSA) is 99.9 Å². The van der Waals surface area contributed by atoms with Gasteiger partial charge in [0.25, 0.3) is 0 Å². The van der Waals surface area contributed by atoms with Crippen molar-refractivity contribution in [2.45, 2.75) is 45.8 Å². The van der Waals surface area contributed by atoms with Crippen LogP contribution in [0.25, 0.3) is 0 Å². The molecule has 7 nitrogen and oxygen atoms in total. The molecule has 0 saturated heterocycles. The van der Waals surface area contributed by atoms with Gasteiger partial charge in [0, 0.05) is 5.75 Å². The Balaban J connectivity index is 4.37. The largest absolute Gasteiger partial charge is 0.463 e. The van der Waals surface area contributed by atoms with Crippen LogP contribution in [-0.2, 0) is 23.1 Å². The Morgan fingerprint density at radius 2 is 1.86 bits per heavy atom. The number of carbonyl (C=O) groups excluding carboxylic acids is 1. The van der Waals surface area contributed by atoms with Gasteiger partial charge >= 0.3 is 12.8 Å². The van der Waals surface area contributed by atoms with Gasteiger partial charge in [-0.3, -0.25) is 19.2 Å². The number of hydrogen-bond acceptors (Lipinski definition) is 8. The summed E-state index contributed by atoms with van der Waals surface area (Å²) in [7, 11) is 1.68. The molecule has 0 aromatic carbocycles. The van der Waals surface area contributed by atoms with E-state index >= 15 is 0 Å². The average Bonchev–Trinajstić information content (AvgIpc) is 2.28. The van der Waals surface area contributed by atoms with Crippen molar-refractivity contribution >= 4 is 24.1 Å². The highest BCUT2D eigenvalue weighted by molar-refractivity contribution is 8.55. The minimum Gasteiger partial charge on any atom is -0.463 e. The normalized spacial score (nSPS) is 15.6. The van der Waals surface area contributed by atoms with Crippen molar-refractivity contribution in [3.05, 3.63) is 0 Å². The highest BCUT2D eigenvalue weighted by Crippen LogP contribution is 2.62. The second kappa shape index (κ2) is 8.50. The van der Waals surface area contributed by atoms with E-state index in [2.05, 4.69) is 5.32 Å². The summed E-state index contributed by atoms with van der Waals surface area (Å²) in [6.07, 6.45) is 0. The maximum Gasteiger partial charge on any atom is 0.391 e. The van der Waals surface area contributed by atoms with Crippen molar-refractivity contribution in [2.24, 2.45) is 5.73 Å². The monoisotopic (exact) mass is 342 g/mol. The van der Waals surface area contributed by atoms with Gasteiger partial charge in [0.05, 0.1) is 5.60 Å². The molecule has 1 atom stereocenters. The Morgan fingerprint density at radius 1 is 1.29 bits per heavy atom. The average molecular weight is 342 g/mol. The van der Waals surface area contributed by atoms with Crippen LogP contribution in [0, 0.1) is 0 Å². The summed E-state index contributed by atoms with van der Waals surface area (Å²) in [4.78, 5) is 11.5. The van der Waals surface area contributed by atoms with E-state index in [1.54, 1.807) is 41.7 Å². The molecule has 1 unspecified atom stereocenters. The molecule has 0 amide bonds. The first-order chi connectivity index (χ1) is 9.40. The van der Waals surface area contributed by atoms with E-state index in [1.807, 2.05) is 0 Å². The molecule has 3 N–H and O–H groups in total. The first kappa shape index (κ1) is 20.9. The van der Waals surface area contributed by atoms with Gasteiger partial charge in [-0.1, -0.05) is 0 Å². The third-order valence-corrected chi connectivity index (χ3v) is 5.76. The molecular weight excluding hydrogens is 315 g/mol. The number of esters is 1. The van der Waals surface area contributed by atoms with Crippen LogP contribution in [0.1, 0.15) is 34.6 Å². The summed E-state index contributed by atoms with van der Waals surface area (Å²) in [5.74, 6) is -0.218. The number of ether oxygens (including phenoxy) is 1. The molecule has 0 fully saturated rings. The van der Waals surface area contributed by atoms with E-state index < -0.39 is 23.9 Å². The van der Waals surface area contributed by atoms with Crippen LogP contribution < -0.4 is 11.1 Å². The lowest BCUT2D eigenvalue weighted by atomic mass is 10.1. The standard InChI is InChI=1S/C12H27N2O5PS/c1-11(2,3)19-20(16,18-9-14-6)21-8-7-17-10(15)12(4,5)13/h14H,7-9,13H2,1-6H3. The zero-order chi connectivity index (χ0) is 16.7. The van der Waals surface area contributed by atoms with Crippen molar-refractivity contribution < 1.29 is 23.1 Å². The Hall–Kier alpha value is -0.110. The van der Waals surface area contributed by atoms with Gasteiger partial charge in [-0.2, -0.15) is 0 Å². The number of rotatable bonds is 9. The van der Waals surface area contributed by atoms with E-state index in [1.165, 1.54) is 0 Å². The van der Waals surface area contributed by atoms with E-state index in [4.69, 9.17) is 19.5 Å². The fourth-order valence-electron chi connectivity index (χ4n) is 1.04. The molecule has 21 heavy (non-hydrogen) atoms. The predicted octanol–water partition coefficient (Wildman–Crippen LogP) is 2.12. The smallest absolute Gasteiger partial charge is 0.391 e. The van der Waals surface area contributed by atoms with E-state index in [9.17, 15) is 9.36 Å². The number of nitrogens with two attached hydrogens (primary N) is 1. The molecule has 0 bridgehead atoms. The first-order valence-corrected chi connectivity index (χ1v) is 9.73. The van der Waals surface area contributed by atoms with Crippen LogP contribution in [0.4, 0.5) is 0 Å². The predicted molar refractivity (Wildman–Crippen MR) is 85.1 cm³/mol. The summed E-state index contributed by atoms with van der Waals surface area (Å²) >= 11 is 0.996. The van der Waals surface area contributed by atoms with Gasteiger partial charge < -0.3 is 10.5 Å². The van der Waals surface area contributed by atoms with Gasteiger partial charge in [-0.05, 0) is 53.0 Å². The van der Waals surface area contributed by atoms with E-state index in [-0.39, 0.29) is 13.3 Å². The number of hydrogen-bond donors (Lipinski definition) is 2. The van der Waals surface area contributed by atoms with Crippen LogP contribution >= 0.6 is 18.2 Å². The fourth-order valence-corrected chi connectivity index (χ4v) is 4.66. The van der Waals surface area contributed by atoms with Crippen LogP contribution in [-0.4, -0.2) is 43.2 Å². The second-order valence-corrected chi connectivity index (χ2v) is 10.1. The minimum atomic E-state index is -3.33. The molecule has 9 heteroatoms. The van der Waals surface area contributed by atoms with Crippen molar-refractivity contribution in [1.29, 1.82) is 0 Å². The molecule has 0 spiro atoms. The highest BCUT2D eigenvalue weighted by Gasteiger charge is 2.32. The van der Waals surface area contributed by atoms with Crippen molar-refractivity contribution in [3.8, 4) is 0 Å². The molecule has 0 heterocycles. The quantitative estimate of drug-likeness (QED) is 0.284. The van der Waals surface area contributed by atoms with Gasteiger partial charge in [-0.25, -0.2) is 4.57 Å². The second-order valence-electron chi connectivity index (χ2n) is 5.97. The third-order valence-electron chi connectivity index (χ3n) is 1.84. The zero-order valence-electron chi connectivity index (χ0n) is 13.6. The summed E-state index contributed by atoms with van der Waals surface area (Å²) in [6, 6.07) is 0. The molecule has 0 aromatic rings. The molecule has 0 aliphatic carbocycles. The van der Waals surface area contributed by atoms with Crippen molar-refractivity contribution in [3.63, 3.8) is 0 Å². The van der Waals surface area contributed by atoms with Crippen molar-refractivity contribution in [2.75, 3.05) is 26.1 Å². The molecule has 0 aliphatic rings. The van der Waals surface area contributed by atoms with E-state index in [0.29, 0.717) is 5.75 Å². The summed E-state index contributed by atoms with van der Waals surface area (Å²) in [5.41, 5.74) is 3.95. The Labute approximate surface area is 130 Å². The highest BCUT2D eigenvalue weighted by atomic mass is 32.7.